The molecule has 0 fully saturated rings. The van der Waals surface area contributed by atoms with Crippen LogP contribution in [0.3, 0.4) is 0 Å². The highest BCUT2D eigenvalue weighted by atomic mass is 16.5. The summed E-state index contributed by atoms with van der Waals surface area (Å²) in [7, 11) is 1.70. The quantitative estimate of drug-likeness (QED) is 0.720. The van der Waals surface area contributed by atoms with Gasteiger partial charge >= 0.3 is 6.03 Å². The van der Waals surface area contributed by atoms with Crippen molar-refractivity contribution in [2.75, 3.05) is 12.4 Å². The Morgan fingerprint density at radius 2 is 1.88 bits per heavy atom. The van der Waals surface area contributed by atoms with Gasteiger partial charge in [0.05, 0.1) is 6.54 Å². The lowest BCUT2D eigenvalue weighted by atomic mass is 10.2. The van der Waals surface area contributed by atoms with Crippen LogP contribution in [0.5, 0.6) is 11.5 Å². The standard InChI is InChI=1S/C20H21N3O3/c1-14-5-4-6-19(11-14)25-18-9-7-16(8-10-18)21-20(24)23(3)13-17-12-15(2)26-22-17/h4-12H,13H2,1-3H3,(H,21,24). The van der Waals surface area contributed by atoms with Crippen molar-refractivity contribution >= 4 is 11.7 Å². The van der Waals surface area contributed by atoms with Crippen LogP contribution in [0.1, 0.15) is 17.0 Å². The number of urea groups is 1. The second kappa shape index (κ2) is 7.74. The number of aromatic nitrogens is 1. The summed E-state index contributed by atoms with van der Waals surface area (Å²) in [4.78, 5) is 13.8. The molecule has 0 radical (unpaired) electrons. The lowest BCUT2D eigenvalue weighted by molar-refractivity contribution is 0.219. The first-order valence-electron chi connectivity index (χ1n) is 8.28. The van der Waals surface area contributed by atoms with Crippen molar-refractivity contribution in [2.45, 2.75) is 20.4 Å². The normalized spacial score (nSPS) is 10.4. The molecule has 0 saturated heterocycles. The van der Waals surface area contributed by atoms with Gasteiger partial charge in [-0.15, -0.1) is 0 Å². The van der Waals surface area contributed by atoms with Gasteiger partial charge in [0.1, 0.15) is 23.0 Å². The number of benzene rings is 2. The molecular formula is C20H21N3O3. The molecule has 6 heteroatoms. The van der Waals surface area contributed by atoms with E-state index in [1.54, 1.807) is 25.2 Å². The summed E-state index contributed by atoms with van der Waals surface area (Å²) in [5.74, 6) is 2.21. The van der Waals surface area contributed by atoms with E-state index in [0.29, 0.717) is 23.7 Å². The zero-order valence-electron chi connectivity index (χ0n) is 15.0. The molecule has 0 unspecified atom stereocenters. The third kappa shape index (κ3) is 4.63. The number of hydrogen-bond acceptors (Lipinski definition) is 4. The molecule has 3 rings (SSSR count). The summed E-state index contributed by atoms with van der Waals surface area (Å²) in [5, 5.41) is 6.73. The zero-order valence-corrected chi connectivity index (χ0v) is 15.0. The van der Waals surface area contributed by atoms with E-state index in [1.807, 2.05) is 50.2 Å². The number of nitrogens with one attached hydrogen (secondary N) is 1. The van der Waals surface area contributed by atoms with Crippen molar-refractivity contribution < 1.29 is 14.1 Å². The molecule has 6 nitrogen and oxygen atoms in total. The number of hydrogen-bond donors (Lipinski definition) is 1. The van der Waals surface area contributed by atoms with E-state index in [0.717, 1.165) is 17.1 Å². The minimum Gasteiger partial charge on any atom is -0.457 e. The van der Waals surface area contributed by atoms with Crippen LogP contribution in [-0.2, 0) is 6.54 Å². The Bertz CT molecular complexity index is 887. The van der Waals surface area contributed by atoms with E-state index >= 15 is 0 Å². The lowest BCUT2D eigenvalue weighted by Crippen LogP contribution is -2.30. The molecule has 0 spiro atoms. The second-order valence-electron chi connectivity index (χ2n) is 6.16. The molecule has 26 heavy (non-hydrogen) atoms. The predicted molar refractivity (Wildman–Crippen MR) is 99.4 cm³/mol. The van der Waals surface area contributed by atoms with Gasteiger partial charge in [0.15, 0.2) is 0 Å². The number of rotatable bonds is 5. The highest BCUT2D eigenvalue weighted by Crippen LogP contribution is 2.23. The number of ether oxygens (including phenoxy) is 1. The molecule has 2 amide bonds. The lowest BCUT2D eigenvalue weighted by Gasteiger charge is -2.16. The van der Waals surface area contributed by atoms with Crippen LogP contribution in [0.25, 0.3) is 0 Å². The van der Waals surface area contributed by atoms with Crippen molar-refractivity contribution in [3.8, 4) is 11.5 Å². The van der Waals surface area contributed by atoms with Gasteiger partial charge in [-0.1, -0.05) is 17.3 Å². The van der Waals surface area contributed by atoms with Crippen molar-refractivity contribution in [2.24, 2.45) is 0 Å². The van der Waals surface area contributed by atoms with Gasteiger partial charge in [-0.3, -0.25) is 0 Å². The topological polar surface area (TPSA) is 67.6 Å². The molecule has 134 valence electrons. The number of carbonyl (C=O) groups excluding carboxylic acids is 1. The first-order valence-corrected chi connectivity index (χ1v) is 8.28. The van der Waals surface area contributed by atoms with Gasteiger partial charge in [-0.05, 0) is 55.8 Å². The van der Waals surface area contributed by atoms with Crippen molar-refractivity contribution in [1.29, 1.82) is 0 Å². The SMILES string of the molecule is Cc1cccc(Oc2ccc(NC(=O)N(C)Cc3cc(C)on3)cc2)c1. The summed E-state index contributed by atoms with van der Waals surface area (Å²) in [6, 6.07) is 16.7. The van der Waals surface area contributed by atoms with E-state index in [-0.39, 0.29) is 6.03 Å². The number of carbonyl (C=O) groups is 1. The maximum absolute atomic E-state index is 12.3. The first kappa shape index (κ1) is 17.5. The summed E-state index contributed by atoms with van der Waals surface area (Å²) < 4.78 is 10.8. The van der Waals surface area contributed by atoms with Gasteiger partial charge < -0.3 is 19.5 Å². The van der Waals surface area contributed by atoms with Crippen molar-refractivity contribution in [3.05, 3.63) is 71.6 Å². The molecule has 3 aromatic rings. The van der Waals surface area contributed by atoms with Crippen LogP contribution in [0, 0.1) is 13.8 Å². The summed E-state index contributed by atoms with van der Waals surface area (Å²) >= 11 is 0. The maximum atomic E-state index is 12.3. The van der Waals surface area contributed by atoms with Gasteiger partial charge in [0.2, 0.25) is 0 Å². The van der Waals surface area contributed by atoms with Gasteiger partial charge in [-0.25, -0.2) is 4.79 Å². The fourth-order valence-corrected chi connectivity index (χ4v) is 2.45. The minimum absolute atomic E-state index is 0.224. The Balaban J connectivity index is 1.57. The molecular weight excluding hydrogens is 330 g/mol. The van der Waals surface area contributed by atoms with Crippen molar-refractivity contribution in [1.82, 2.24) is 10.1 Å². The third-order valence-electron chi connectivity index (χ3n) is 3.75. The third-order valence-corrected chi connectivity index (χ3v) is 3.75. The fraction of sp³-hybridized carbons (Fsp3) is 0.200. The molecule has 2 aromatic carbocycles. The average Bonchev–Trinajstić information content (AvgIpc) is 3.01. The van der Waals surface area contributed by atoms with Crippen LogP contribution in [0.15, 0.2) is 59.1 Å². The van der Waals surface area contributed by atoms with E-state index < -0.39 is 0 Å². The number of aryl methyl sites for hydroxylation is 2. The molecule has 0 aliphatic carbocycles. The summed E-state index contributed by atoms with van der Waals surface area (Å²) in [6.07, 6.45) is 0. The molecule has 0 atom stereocenters. The molecule has 1 aromatic heterocycles. The molecule has 0 saturated carbocycles. The van der Waals surface area contributed by atoms with E-state index in [1.165, 1.54) is 4.90 Å². The Labute approximate surface area is 152 Å². The van der Waals surface area contributed by atoms with Gasteiger partial charge in [0.25, 0.3) is 0 Å². The van der Waals surface area contributed by atoms with Crippen LogP contribution in [0.2, 0.25) is 0 Å². The first-order chi connectivity index (χ1) is 12.5. The van der Waals surface area contributed by atoms with E-state index in [4.69, 9.17) is 9.26 Å². The van der Waals surface area contributed by atoms with Crippen LogP contribution >= 0.6 is 0 Å². The average molecular weight is 351 g/mol. The Morgan fingerprint density at radius 1 is 1.12 bits per heavy atom. The summed E-state index contributed by atoms with van der Waals surface area (Å²) in [6.45, 7) is 4.21. The van der Waals surface area contributed by atoms with Crippen LogP contribution in [-0.4, -0.2) is 23.1 Å². The Kier molecular flexibility index (Phi) is 5.22. The molecule has 0 aliphatic rings. The highest BCUT2D eigenvalue weighted by molar-refractivity contribution is 5.89. The molecule has 1 N–H and O–H groups in total. The molecule has 0 bridgehead atoms. The predicted octanol–water partition coefficient (Wildman–Crippen LogP) is 4.75. The van der Waals surface area contributed by atoms with E-state index in [2.05, 4.69) is 10.5 Å². The zero-order chi connectivity index (χ0) is 18.5. The number of nitrogens with zero attached hydrogens (tertiary/aromatic N) is 2. The minimum atomic E-state index is -0.224. The van der Waals surface area contributed by atoms with Gasteiger partial charge in [-0.2, -0.15) is 0 Å². The van der Waals surface area contributed by atoms with Crippen LogP contribution < -0.4 is 10.1 Å². The highest BCUT2D eigenvalue weighted by Gasteiger charge is 2.12. The number of anilines is 1. The van der Waals surface area contributed by atoms with E-state index in [9.17, 15) is 4.79 Å². The smallest absolute Gasteiger partial charge is 0.321 e. The maximum Gasteiger partial charge on any atom is 0.321 e. The second-order valence-corrected chi connectivity index (χ2v) is 6.16. The molecule has 0 aliphatic heterocycles. The molecule has 1 heterocycles. The Morgan fingerprint density at radius 3 is 2.54 bits per heavy atom. The monoisotopic (exact) mass is 351 g/mol. The van der Waals surface area contributed by atoms with Gasteiger partial charge in [0, 0.05) is 18.8 Å². The van der Waals surface area contributed by atoms with Crippen LogP contribution in [0.4, 0.5) is 10.5 Å². The fourth-order valence-electron chi connectivity index (χ4n) is 2.45. The van der Waals surface area contributed by atoms with Crippen molar-refractivity contribution in [3.63, 3.8) is 0 Å². The summed E-state index contributed by atoms with van der Waals surface area (Å²) in [5.41, 5.74) is 2.54. The largest absolute Gasteiger partial charge is 0.457 e. The number of amides is 2. The Hall–Kier alpha value is -3.28.